The summed E-state index contributed by atoms with van der Waals surface area (Å²) in [6.45, 7) is 2.82. The van der Waals surface area contributed by atoms with Crippen LogP contribution < -0.4 is 20.1 Å². The highest BCUT2D eigenvalue weighted by Gasteiger charge is 2.12. The van der Waals surface area contributed by atoms with Crippen LogP contribution in [0.4, 0.5) is 5.69 Å². The van der Waals surface area contributed by atoms with Crippen molar-refractivity contribution in [3.05, 3.63) is 66.2 Å². The van der Waals surface area contributed by atoms with E-state index < -0.39 is 18.5 Å². The number of amides is 2. The number of hydrogen-bond acceptors (Lipinski definition) is 6. The van der Waals surface area contributed by atoms with Crippen molar-refractivity contribution in [3.63, 3.8) is 0 Å². The molecule has 8 heteroatoms. The molecule has 2 rings (SSSR count). The van der Waals surface area contributed by atoms with Crippen molar-refractivity contribution >= 4 is 23.5 Å². The van der Waals surface area contributed by atoms with Gasteiger partial charge in [-0.2, -0.15) is 0 Å². The molecule has 30 heavy (non-hydrogen) atoms. The van der Waals surface area contributed by atoms with E-state index in [1.54, 1.807) is 36.4 Å². The number of methoxy groups -OCH3 is 1. The molecule has 0 spiro atoms. The number of esters is 1. The zero-order valence-corrected chi connectivity index (χ0v) is 16.9. The van der Waals surface area contributed by atoms with E-state index in [1.807, 2.05) is 6.07 Å². The van der Waals surface area contributed by atoms with Gasteiger partial charge < -0.3 is 24.8 Å². The van der Waals surface area contributed by atoms with Crippen LogP contribution >= 0.6 is 0 Å². The van der Waals surface area contributed by atoms with Gasteiger partial charge in [-0.15, -0.1) is 6.58 Å². The number of ether oxygens (including phenoxy) is 3. The SMILES string of the molecule is C=CCc1ccc(OCC(=O)OCC(=O)Nc2cccc(C(=O)NC)c2)c(OC)c1. The van der Waals surface area contributed by atoms with Crippen LogP contribution in [0.5, 0.6) is 11.5 Å². The van der Waals surface area contributed by atoms with Gasteiger partial charge in [-0.25, -0.2) is 4.79 Å². The average molecular weight is 412 g/mol. The minimum atomic E-state index is -0.707. The molecule has 0 saturated heterocycles. The summed E-state index contributed by atoms with van der Waals surface area (Å²) in [6, 6.07) is 11.7. The first-order chi connectivity index (χ1) is 14.5. The van der Waals surface area contributed by atoms with Crippen molar-refractivity contribution in [2.45, 2.75) is 6.42 Å². The molecule has 0 aliphatic rings. The number of hydrogen-bond donors (Lipinski definition) is 2. The van der Waals surface area contributed by atoms with Gasteiger partial charge in [0.05, 0.1) is 7.11 Å². The predicted octanol–water partition coefficient (Wildman–Crippen LogP) is 2.34. The van der Waals surface area contributed by atoms with Crippen molar-refractivity contribution < 1.29 is 28.6 Å². The summed E-state index contributed by atoms with van der Waals surface area (Å²) in [5.74, 6) is -0.651. The second-order valence-electron chi connectivity index (χ2n) is 6.14. The van der Waals surface area contributed by atoms with Gasteiger partial charge >= 0.3 is 5.97 Å². The van der Waals surface area contributed by atoms with Crippen LogP contribution in [0.15, 0.2) is 55.1 Å². The normalized spacial score (nSPS) is 9.93. The first kappa shape index (κ1) is 22.5. The lowest BCUT2D eigenvalue weighted by atomic mass is 10.1. The van der Waals surface area contributed by atoms with Gasteiger partial charge in [0.2, 0.25) is 0 Å². The molecular weight excluding hydrogens is 388 g/mol. The molecule has 2 aromatic carbocycles. The van der Waals surface area contributed by atoms with Gasteiger partial charge in [0.15, 0.2) is 24.7 Å². The maximum Gasteiger partial charge on any atom is 0.344 e. The van der Waals surface area contributed by atoms with Crippen LogP contribution in [-0.4, -0.2) is 45.2 Å². The molecule has 158 valence electrons. The van der Waals surface area contributed by atoms with Crippen molar-refractivity contribution in [2.75, 3.05) is 32.7 Å². The number of allylic oxidation sites excluding steroid dienone is 1. The molecule has 0 radical (unpaired) electrons. The molecular formula is C22H24N2O6. The van der Waals surface area contributed by atoms with Gasteiger partial charge in [-0.3, -0.25) is 9.59 Å². The van der Waals surface area contributed by atoms with Crippen LogP contribution in [-0.2, 0) is 20.7 Å². The minimum Gasteiger partial charge on any atom is -0.493 e. The Labute approximate surface area is 174 Å². The van der Waals surface area contributed by atoms with Crippen LogP contribution in [0.2, 0.25) is 0 Å². The Kier molecular flexibility index (Phi) is 8.43. The van der Waals surface area contributed by atoms with Gasteiger partial charge in [0.1, 0.15) is 0 Å². The molecule has 0 fully saturated rings. The minimum absolute atomic E-state index is 0.275. The van der Waals surface area contributed by atoms with Gasteiger partial charge in [0.25, 0.3) is 11.8 Å². The predicted molar refractivity (Wildman–Crippen MR) is 112 cm³/mol. The van der Waals surface area contributed by atoms with Crippen LogP contribution in [0.3, 0.4) is 0 Å². The zero-order chi connectivity index (χ0) is 21.9. The standard InChI is InChI=1S/C22H24N2O6/c1-4-6-15-9-10-18(19(11-15)28-3)29-14-21(26)30-13-20(25)24-17-8-5-7-16(12-17)22(27)23-2/h4-5,7-12H,1,6,13-14H2,2-3H3,(H,23,27)(H,24,25). The molecule has 0 bridgehead atoms. The monoisotopic (exact) mass is 412 g/mol. The third-order valence-electron chi connectivity index (χ3n) is 3.95. The summed E-state index contributed by atoms with van der Waals surface area (Å²) in [5, 5.41) is 5.06. The Bertz CT molecular complexity index is 926. The summed E-state index contributed by atoms with van der Waals surface area (Å²) in [4.78, 5) is 35.5. The fourth-order valence-corrected chi connectivity index (χ4v) is 2.53. The first-order valence-electron chi connectivity index (χ1n) is 9.15. The Morgan fingerprint density at radius 3 is 2.57 bits per heavy atom. The fourth-order valence-electron chi connectivity index (χ4n) is 2.53. The van der Waals surface area contributed by atoms with Crippen molar-refractivity contribution in [2.24, 2.45) is 0 Å². The zero-order valence-electron chi connectivity index (χ0n) is 16.9. The lowest BCUT2D eigenvalue weighted by Crippen LogP contribution is -2.24. The second kappa shape index (κ2) is 11.3. The Morgan fingerprint density at radius 1 is 1.07 bits per heavy atom. The molecule has 2 aromatic rings. The topological polar surface area (TPSA) is 103 Å². The fraction of sp³-hybridized carbons (Fsp3) is 0.227. The highest BCUT2D eigenvalue weighted by molar-refractivity contribution is 5.97. The average Bonchev–Trinajstić information content (AvgIpc) is 2.76. The van der Waals surface area contributed by atoms with E-state index in [2.05, 4.69) is 17.2 Å². The first-order valence-corrected chi connectivity index (χ1v) is 9.15. The highest BCUT2D eigenvalue weighted by Crippen LogP contribution is 2.28. The number of anilines is 1. The quantitative estimate of drug-likeness (QED) is 0.459. The molecule has 8 nitrogen and oxygen atoms in total. The van der Waals surface area contributed by atoms with E-state index in [-0.39, 0.29) is 12.5 Å². The van der Waals surface area contributed by atoms with Gasteiger partial charge in [0, 0.05) is 18.3 Å². The molecule has 0 aliphatic heterocycles. The van der Waals surface area contributed by atoms with Gasteiger partial charge in [-0.05, 0) is 42.3 Å². The number of carbonyl (C=O) groups excluding carboxylic acids is 3. The third-order valence-corrected chi connectivity index (χ3v) is 3.95. The van der Waals surface area contributed by atoms with E-state index in [0.29, 0.717) is 29.2 Å². The molecule has 0 saturated carbocycles. The Hall–Kier alpha value is -3.81. The van der Waals surface area contributed by atoms with Crippen LogP contribution in [0, 0.1) is 0 Å². The van der Waals surface area contributed by atoms with Crippen LogP contribution in [0.1, 0.15) is 15.9 Å². The molecule has 0 aromatic heterocycles. The maximum absolute atomic E-state index is 12.0. The number of rotatable bonds is 10. The van der Waals surface area contributed by atoms with E-state index in [9.17, 15) is 14.4 Å². The molecule has 2 N–H and O–H groups in total. The lowest BCUT2D eigenvalue weighted by molar-refractivity contribution is -0.149. The molecule has 0 unspecified atom stereocenters. The van der Waals surface area contributed by atoms with Crippen LogP contribution in [0.25, 0.3) is 0 Å². The molecule has 0 atom stereocenters. The largest absolute Gasteiger partial charge is 0.493 e. The lowest BCUT2D eigenvalue weighted by Gasteiger charge is -2.12. The summed E-state index contributed by atoms with van der Waals surface area (Å²) in [7, 11) is 3.02. The Morgan fingerprint density at radius 2 is 1.87 bits per heavy atom. The molecule has 0 aliphatic carbocycles. The van der Waals surface area contributed by atoms with Crippen molar-refractivity contribution in [1.29, 1.82) is 0 Å². The highest BCUT2D eigenvalue weighted by atomic mass is 16.6. The number of benzene rings is 2. The van der Waals surface area contributed by atoms with E-state index in [0.717, 1.165) is 5.56 Å². The number of nitrogens with one attached hydrogen (secondary N) is 2. The summed E-state index contributed by atoms with van der Waals surface area (Å²) in [6.07, 6.45) is 2.45. The van der Waals surface area contributed by atoms with E-state index in [1.165, 1.54) is 20.2 Å². The van der Waals surface area contributed by atoms with Crippen molar-refractivity contribution in [3.8, 4) is 11.5 Å². The molecule has 2 amide bonds. The van der Waals surface area contributed by atoms with Gasteiger partial charge in [-0.1, -0.05) is 18.2 Å². The molecule has 0 heterocycles. The Balaban J connectivity index is 1.83. The smallest absolute Gasteiger partial charge is 0.344 e. The van der Waals surface area contributed by atoms with Crippen molar-refractivity contribution in [1.82, 2.24) is 5.32 Å². The maximum atomic E-state index is 12.0. The summed E-state index contributed by atoms with van der Waals surface area (Å²) < 4.78 is 15.6. The van der Waals surface area contributed by atoms with E-state index >= 15 is 0 Å². The third kappa shape index (κ3) is 6.66. The number of carbonyl (C=O) groups is 3. The summed E-state index contributed by atoms with van der Waals surface area (Å²) >= 11 is 0. The second-order valence-corrected chi connectivity index (χ2v) is 6.14. The van der Waals surface area contributed by atoms with E-state index in [4.69, 9.17) is 14.2 Å². The summed E-state index contributed by atoms with van der Waals surface area (Å²) in [5.41, 5.74) is 1.81.